The van der Waals surface area contributed by atoms with Gasteiger partial charge in [0.2, 0.25) is 0 Å². The normalized spacial score (nSPS) is 15.4. The summed E-state index contributed by atoms with van der Waals surface area (Å²) < 4.78 is 0. The number of hydrogen-bond donors (Lipinski definition) is 1. The van der Waals surface area contributed by atoms with Gasteiger partial charge < -0.3 is 5.73 Å². The van der Waals surface area contributed by atoms with Crippen molar-refractivity contribution >= 4 is 11.3 Å². The third-order valence-electron chi connectivity index (χ3n) is 2.74. The SMILES string of the molecule is CCC(CCC(C)N)c1sccc1C. The van der Waals surface area contributed by atoms with Gasteiger partial charge in [-0.3, -0.25) is 0 Å². The molecule has 0 spiro atoms. The molecule has 0 aliphatic carbocycles. The van der Waals surface area contributed by atoms with E-state index in [9.17, 15) is 0 Å². The van der Waals surface area contributed by atoms with Gasteiger partial charge in [-0.25, -0.2) is 0 Å². The number of thiophene rings is 1. The standard InChI is InChI=1S/C12H21NS/c1-4-11(6-5-10(3)13)12-9(2)7-8-14-12/h7-8,10-11H,4-6,13H2,1-3H3. The Labute approximate surface area is 91.3 Å². The van der Waals surface area contributed by atoms with Gasteiger partial charge in [-0.1, -0.05) is 6.92 Å². The van der Waals surface area contributed by atoms with E-state index in [4.69, 9.17) is 5.73 Å². The Kier molecular flexibility index (Phi) is 4.63. The van der Waals surface area contributed by atoms with Gasteiger partial charge in [0, 0.05) is 10.9 Å². The van der Waals surface area contributed by atoms with E-state index in [0.717, 1.165) is 12.3 Å². The van der Waals surface area contributed by atoms with Crippen molar-refractivity contribution < 1.29 is 0 Å². The van der Waals surface area contributed by atoms with Gasteiger partial charge in [-0.05, 0) is 56.0 Å². The summed E-state index contributed by atoms with van der Waals surface area (Å²) in [6.07, 6.45) is 3.60. The van der Waals surface area contributed by atoms with Crippen molar-refractivity contribution in [3.63, 3.8) is 0 Å². The average Bonchev–Trinajstić information content (AvgIpc) is 2.53. The summed E-state index contributed by atoms with van der Waals surface area (Å²) >= 11 is 1.89. The summed E-state index contributed by atoms with van der Waals surface area (Å²) in [7, 11) is 0. The van der Waals surface area contributed by atoms with Crippen LogP contribution in [0, 0.1) is 6.92 Å². The highest BCUT2D eigenvalue weighted by Crippen LogP contribution is 2.31. The molecule has 1 aromatic heterocycles. The molecule has 2 heteroatoms. The van der Waals surface area contributed by atoms with Crippen molar-refractivity contribution in [3.05, 3.63) is 21.9 Å². The van der Waals surface area contributed by atoms with Crippen LogP contribution in [0.15, 0.2) is 11.4 Å². The van der Waals surface area contributed by atoms with E-state index in [1.807, 2.05) is 11.3 Å². The molecule has 1 heterocycles. The van der Waals surface area contributed by atoms with Gasteiger partial charge in [0.05, 0.1) is 0 Å². The van der Waals surface area contributed by atoms with Crippen LogP contribution in [0.4, 0.5) is 0 Å². The Morgan fingerprint density at radius 2 is 2.14 bits per heavy atom. The highest BCUT2D eigenvalue weighted by Gasteiger charge is 2.13. The lowest BCUT2D eigenvalue weighted by Crippen LogP contribution is -2.15. The molecule has 1 aromatic rings. The van der Waals surface area contributed by atoms with Crippen molar-refractivity contribution in [2.45, 2.75) is 52.0 Å². The van der Waals surface area contributed by atoms with Gasteiger partial charge in [0.25, 0.3) is 0 Å². The maximum absolute atomic E-state index is 5.79. The van der Waals surface area contributed by atoms with Gasteiger partial charge >= 0.3 is 0 Å². The van der Waals surface area contributed by atoms with E-state index in [0.29, 0.717) is 6.04 Å². The first-order valence-corrected chi connectivity index (χ1v) is 6.32. The van der Waals surface area contributed by atoms with Crippen molar-refractivity contribution in [2.75, 3.05) is 0 Å². The fourth-order valence-electron chi connectivity index (χ4n) is 1.79. The summed E-state index contributed by atoms with van der Waals surface area (Å²) in [5.74, 6) is 0.723. The van der Waals surface area contributed by atoms with Crippen molar-refractivity contribution in [2.24, 2.45) is 5.73 Å². The molecule has 2 N–H and O–H groups in total. The molecule has 0 bridgehead atoms. The Morgan fingerprint density at radius 1 is 1.43 bits per heavy atom. The number of hydrogen-bond acceptors (Lipinski definition) is 2. The van der Waals surface area contributed by atoms with Crippen molar-refractivity contribution in [1.82, 2.24) is 0 Å². The summed E-state index contributed by atoms with van der Waals surface area (Å²) in [5.41, 5.74) is 7.24. The fourth-order valence-corrected chi connectivity index (χ4v) is 2.94. The lowest BCUT2D eigenvalue weighted by atomic mass is 9.94. The molecule has 2 unspecified atom stereocenters. The number of nitrogens with two attached hydrogens (primary N) is 1. The quantitative estimate of drug-likeness (QED) is 0.790. The molecule has 14 heavy (non-hydrogen) atoms. The molecule has 0 saturated heterocycles. The Balaban J connectivity index is 2.58. The van der Waals surface area contributed by atoms with E-state index in [1.165, 1.54) is 18.4 Å². The highest BCUT2D eigenvalue weighted by atomic mass is 32.1. The van der Waals surface area contributed by atoms with Gasteiger partial charge in [0.15, 0.2) is 0 Å². The summed E-state index contributed by atoms with van der Waals surface area (Å²) in [5, 5.41) is 2.19. The first-order chi connectivity index (χ1) is 6.65. The van der Waals surface area contributed by atoms with Crippen molar-refractivity contribution in [3.8, 4) is 0 Å². The van der Waals surface area contributed by atoms with Crippen LogP contribution < -0.4 is 5.73 Å². The fraction of sp³-hybridized carbons (Fsp3) is 0.667. The molecular formula is C12H21NS. The zero-order chi connectivity index (χ0) is 10.6. The Hall–Kier alpha value is -0.340. The van der Waals surface area contributed by atoms with Crippen molar-refractivity contribution in [1.29, 1.82) is 0 Å². The minimum atomic E-state index is 0.337. The molecule has 0 saturated carbocycles. The number of rotatable bonds is 5. The van der Waals surface area contributed by atoms with E-state index < -0.39 is 0 Å². The minimum absolute atomic E-state index is 0.337. The second-order valence-electron chi connectivity index (χ2n) is 4.13. The lowest BCUT2D eigenvalue weighted by molar-refractivity contribution is 0.536. The van der Waals surface area contributed by atoms with E-state index in [1.54, 1.807) is 4.88 Å². The molecular weight excluding hydrogens is 190 g/mol. The number of aryl methyl sites for hydroxylation is 1. The van der Waals surface area contributed by atoms with Crippen LogP contribution in [-0.4, -0.2) is 6.04 Å². The van der Waals surface area contributed by atoms with Gasteiger partial charge in [-0.15, -0.1) is 11.3 Å². The van der Waals surface area contributed by atoms with Crippen LogP contribution in [0.25, 0.3) is 0 Å². The largest absolute Gasteiger partial charge is 0.328 e. The average molecular weight is 211 g/mol. The summed E-state index contributed by atoms with van der Waals surface area (Å²) in [4.78, 5) is 1.56. The molecule has 80 valence electrons. The monoisotopic (exact) mass is 211 g/mol. The van der Waals surface area contributed by atoms with Crippen LogP contribution in [0.1, 0.15) is 49.5 Å². The second kappa shape index (κ2) is 5.52. The Morgan fingerprint density at radius 3 is 2.57 bits per heavy atom. The second-order valence-corrected chi connectivity index (χ2v) is 5.08. The van der Waals surface area contributed by atoms with Crippen LogP contribution in [0.2, 0.25) is 0 Å². The van der Waals surface area contributed by atoms with Gasteiger partial charge in [-0.2, -0.15) is 0 Å². The Bertz CT molecular complexity index is 265. The minimum Gasteiger partial charge on any atom is -0.328 e. The van der Waals surface area contributed by atoms with Gasteiger partial charge in [0.1, 0.15) is 0 Å². The molecule has 0 fully saturated rings. The van der Waals surface area contributed by atoms with Crippen LogP contribution in [0.5, 0.6) is 0 Å². The topological polar surface area (TPSA) is 26.0 Å². The molecule has 0 aliphatic rings. The van der Waals surface area contributed by atoms with Crippen LogP contribution in [0.3, 0.4) is 0 Å². The molecule has 0 aromatic carbocycles. The maximum atomic E-state index is 5.79. The van der Waals surface area contributed by atoms with E-state index in [2.05, 4.69) is 32.2 Å². The molecule has 0 radical (unpaired) electrons. The van der Waals surface area contributed by atoms with Crippen LogP contribution >= 0.6 is 11.3 Å². The smallest absolute Gasteiger partial charge is 0.0105 e. The maximum Gasteiger partial charge on any atom is 0.0105 e. The zero-order valence-corrected chi connectivity index (χ0v) is 10.2. The molecule has 0 aliphatic heterocycles. The first kappa shape index (κ1) is 11.7. The highest BCUT2D eigenvalue weighted by molar-refractivity contribution is 7.10. The third kappa shape index (κ3) is 3.10. The summed E-state index contributed by atoms with van der Waals surface area (Å²) in [6, 6.07) is 2.55. The lowest BCUT2D eigenvalue weighted by Gasteiger charge is -2.15. The molecule has 1 rings (SSSR count). The predicted octanol–water partition coefficient (Wildman–Crippen LogP) is 3.68. The molecule has 1 nitrogen and oxygen atoms in total. The third-order valence-corrected chi connectivity index (χ3v) is 3.92. The van der Waals surface area contributed by atoms with Crippen LogP contribution in [-0.2, 0) is 0 Å². The first-order valence-electron chi connectivity index (χ1n) is 5.44. The molecule has 2 atom stereocenters. The summed E-state index contributed by atoms with van der Waals surface area (Å²) in [6.45, 7) is 6.57. The zero-order valence-electron chi connectivity index (χ0n) is 9.42. The van der Waals surface area contributed by atoms with E-state index >= 15 is 0 Å². The predicted molar refractivity (Wildman–Crippen MR) is 65.0 cm³/mol. The van der Waals surface area contributed by atoms with E-state index in [-0.39, 0.29) is 0 Å². The molecule has 0 amide bonds.